The first-order chi connectivity index (χ1) is 11.9. The Balaban J connectivity index is 2.16. The van der Waals surface area contributed by atoms with Gasteiger partial charge in [0.2, 0.25) is 11.8 Å². The Morgan fingerprint density at radius 1 is 1.12 bits per heavy atom. The number of para-hydroxylation sites is 3. The zero-order valence-electron chi connectivity index (χ0n) is 14.5. The molecule has 0 aliphatic heterocycles. The van der Waals surface area contributed by atoms with Crippen molar-refractivity contribution in [1.82, 2.24) is 0 Å². The number of carbonyl (C=O) groups is 2. The highest BCUT2D eigenvalue weighted by Gasteiger charge is 2.19. The lowest BCUT2D eigenvalue weighted by Gasteiger charge is -2.22. The van der Waals surface area contributed by atoms with Crippen LogP contribution in [0.5, 0.6) is 5.75 Å². The molecule has 5 nitrogen and oxygen atoms in total. The van der Waals surface area contributed by atoms with Gasteiger partial charge < -0.3 is 15.0 Å². The summed E-state index contributed by atoms with van der Waals surface area (Å²) < 4.78 is 5.69. The monoisotopic (exact) mass is 360 g/mol. The molecule has 0 bridgehead atoms. The molecule has 0 unspecified atom stereocenters. The first-order valence-corrected chi connectivity index (χ1v) is 8.34. The molecule has 2 amide bonds. The summed E-state index contributed by atoms with van der Waals surface area (Å²) in [5, 5.41) is 3.20. The molecule has 0 radical (unpaired) electrons. The lowest BCUT2D eigenvalue weighted by molar-refractivity contribution is -0.120. The van der Waals surface area contributed by atoms with Gasteiger partial charge in [-0.1, -0.05) is 35.9 Å². The van der Waals surface area contributed by atoms with Gasteiger partial charge in [-0.25, -0.2) is 0 Å². The van der Waals surface area contributed by atoms with Gasteiger partial charge in [-0.3, -0.25) is 9.59 Å². The number of anilines is 2. The molecule has 25 heavy (non-hydrogen) atoms. The van der Waals surface area contributed by atoms with E-state index in [0.29, 0.717) is 22.1 Å². The quantitative estimate of drug-likeness (QED) is 0.843. The number of nitrogens with zero attached hydrogens (tertiary/aromatic N) is 1. The van der Waals surface area contributed by atoms with Gasteiger partial charge in [0.25, 0.3) is 0 Å². The van der Waals surface area contributed by atoms with Gasteiger partial charge in [-0.05, 0) is 38.1 Å². The van der Waals surface area contributed by atoms with Crippen molar-refractivity contribution in [2.45, 2.75) is 26.9 Å². The Morgan fingerprint density at radius 2 is 1.76 bits per heavy atom. The van der Waals surface area contributed by atoms with Crippen LogP contribution < -0.4 is 15.0 Å². The molecule has 0 spiro atoms. The first kappa shape index (κ1) is 18.8. The number of amides is 2. The highest BCUT2D eigenvalue weighted by molar-refractivity contribution is 6.33. The SMILES string of the molecule is CC(=O)N(CC(=O)Nc1ccccc1OC(C)C)c1ccccc1Cl. The van der Waals surface area contributed by atoms with E-state index in [-0.39, 0.29) is 24.5 Å². The summed E-state index contributed by atoms with van der Waals surface area (Å²) in [5.74, 6) is -0.0251. The fourth-order valence-corrected chi connectivity index (χ4v) is 2.53. The first-order valence-electron chi connectivity index (χ1n) is 7.96. The van der Waals surface area contributed by atoms with Gasteiger partial charge in [0.05, 0.1) is 22.5 Å². The van der Waals surface area contributed by atoms with Gasteiger partial charge in [-0.2, -0.15) is 0 Å². The molecule has 0 saturated heterocycles. The summed E-state index contributed by atoms with van der Waals surface area (Å²) in [4.78, 5) is 25.7. The van der Waals surface area contributed by atoms with E-state index in [1.165, 1.54) is 11.8 Å². The Bertz CT molecular complexity index is 762. The summed E-state index contributed by atoms with van der Waals surface area (Å²) in [6.45, 7) is 5.07. The molecule has 2 aromatic rings. The minimum atomic E-state index is -0.338. The van der Waals surface area contributed by atoms with Crippen molar-refractivity contribution in [2.75, 3.05) is 16.8 Å². The maximum absolute atomic E-state index is 12.4. The molecule has 6 heteroatoms. The number of benzene rings is 2. The predicted molar refractivity (Wildman–Crippen MR) is 100 cm³/mol. The number of carbonyl (C=O) groups excluding carboxylic acids is 2. The van der Waals surface area contributed by atoms with E-state index < -0.39 is 0 Å². The Labute approximate surface area is 152 Å². The lowest BCUT2D eigenvalue weighted by Crippen LogP contribution is -2.37. The van der Waals surface area contributed by atoms with Crippen LogP contribution in [0.3, 0.4) is 0 Å². The minimum absolute atomic E-state index is 0.0186. The molecule has 0 heterocycles. The van der Waals surface area contributed by atoms with Crippen LogP contribution in [0.1, 0.15) is 20.8 Å². The summed E-state index contributed by atoms with van der Waals surface area (Å²) >= 11 is 6.14. The van der Waals surface area contributed by atoms with E-state index in [1.807, 2.05) is 19.9 Å². The number of hydrogen-bond donors (Lipinski definition) is 1. The van der Waals surface area contributed by atoms with Crippen molar-refractivity contribution in [3.8, 4) is 5.75 Å². The Morgan fingerprint density at radius 3 is 2.40 bits per heavy atom. The van der Waals surface area contributed by atoms with Crippen LogP contribution in [0.25, 0.3) is 0 Å². The fraction of sp³-hybridized carbons (Fsp3) is 0.263. The Kier molecular flexibility index (Phi) is 6.42. The largest absolute Gasteiger partial charge is 0.489 e. The molecular weight excluding hydrogens is 340 g/mol. The maximum Gasteiger partial charge on any atom is 0.244 e. The van der Waals surface area contributed by atoms with Crippen LogP contribution in [0.15, 0.2) is 48.5 Å². The van der Waals surface area contributed by atoms with Crippen molar-refractivity contribution >= 4 is 34.8 Å². The van der Waals surface area contributed by atoms with E-state index in [0.717, 1.165) is 0 Å². The van der Waals surface area contributed by atoms with Crippen LogP contribution in [-0.2, 0) is 9.59 Å². The van der Waals surface area contributed by atoms with Gasteiger partial charge in [-0.15, -0.1) is 0 Å². The molecule has 2 aromatic carbocycles. The molecule has 0 aliphatic rings. The standard InChI is InChI=1S/C19H21ClN2O3/c1-13(2)25-18-11-7-5-9-16(18)21-19(24)12-22(14(3)23)17-10-6-4-8-15(17)20/h4-11,13H,12H2,1-3H3,(H,21,24). The topological polar surface area (TPSA) is 58.6 Å². The van der Waals surface area contributed by atoms with Crippen LogP contribution in [0.4, 0.5) is 11.4 Å². The highest BCUT2D eigenvalue weighted by atomic mass is 35.5. The second kappa shape index (κ2) is 8.53. The molecule has 0 atom stereocenters. The number of nitrogens with one attached hydrogen (secondary N) is 1. The predicted octanol–water partition coefficient (Wildman–Crippen LogP) is 4.12. The van der Waals surface area contributed by atoms with Crippen LogP contribution in [0, 0.1) is 0 Å². The molecule has 132 valence electrons. The zero-order chi connectivity index (χ0) is 18.4. The average molecular weight is 361 g/mol. The van der Waals surface area contributed by atoms with Crippen LogP contribution in [0.2, 0.25) is 5.02 Å². The summed E-state index contributed by atoms with van der Waals surface area (Å²) in [7, 11) is 0. The highest BCUT2D eigenvalue weighted by Crippen LogP contribution is 2.27. The van der Waals surface area contributed by atoms with Crippen molar-refractivity contribution in [2.24, 2.45) is 0 Å². The molecule has 0 aliphatic carbocycles. The van der Waals surface area contributed by atoms with Crippen LogP contribution in [-0.4, -0.2) is 24.5 Å². The normalized spacial score (nSPS) is 10.4. The number of rotatable bonds is 6. The van der Waals surface area contributed by atoms with Gasteiger partial charge in [0, 0.05) is 6.92 Å². The smallest absolute Gasteiger partial charge is 0.244 e. The molecule has 2 rings (SSSR count). The second-order valence-electron chi connectivity index (χ2n) is 5.77. The second-order valence-corrected chi connectivity index (χ2v) is 6.17. The molecule has 1 N–H and O–H groups in total. The fourth-order valence-electron chi connectivity index (χ4n) is 2.30. The third kappa shape index (κ3) is 5.22. The van der Waals surface area contributed by atoms with Gasteiger partial charge in [0.15, 0.2) is 0 Å². The third-order valence-corrected chi connectivity index (χ3v) is 3.67. The third-order valence-electron chi connectivity index (χ3n) is 3.35. The van der Waals surface area contributed by atoms with E-state index in [9.17, 15) is 9.59 Å². The van der Waals surface area contributed by atoms with E-state index in [4.69, 9.17) is 16.3 Å². The number of ether oxygens (including phenoxy) is 1. The summed E-state index contributed by atoms with van der Waals surface area (Å²) in [5.41, 5.74) is 1.06. The van der Waals surface area contributed by atoms with Crippen LogP contribution >= 0.6 is 11.6 Å². The maximum atomic E-state index is 12.4. The van der Waals surface area contributed by atoms with E-state index in [2.05, 4.69) is 5.32 Å². The van der Waals surface area contributed by atoms with Gasteiger partial charge in [0.1, 0.15) is 12.3 Å². The minimum Gasteiger partial charge on any atom is -0.489 e. The molecule has 0 aromatic heterocycles. The molecular formula is C19H21ClN2O3. The van der Waals surface area contributed by atoms with E-state index >= 15 is 0 Å². The Hall–Kier alpha value is -2.53. The summed E-state index contributed by atoms with van der Waals surface area (Å²) in [6.07, 6.45) is -0.0186. The van der Waals surface area contributed by atoms with Crippen molar-refractivity contribution in [3.63, 3.8) is 0 Å². The number of halogens is 1. The molecule has 0 saturated carbocycles. The van der Waals surface area contributed by atoms with Crippen molar-refractivity contribution in [3.05, 3.63) is 53.6 Å². The zero-order valence-corrected chi connectivity index (χ0v) is 15.2. The lowest BCUT2D eigenvalue weighted by atomic mass is 10.2. The summed E-state index contributed by atoms with van der Waals surface area (Å²) in [6, 6.07) is 14.1. The molecule has 0 fully saturated rings. The van der Waals surface area contributed by atoms with Crippen molar-refractivity contribution in [1.29, 1.82) is 0 Å². The van der Waals surface area contributed by atoms with E-state index in [1.54, 1.807) is 42.5 Å². The average Bonchev–Trinajstić information content (AvgIpc) is 2.54. The van der Waals surface area contributed by atoms with Gasteiger partial charge >= 0.3 is 0 Å². The van der Waals surface area contributed by atoms with Crippen molar-refractivity contribution < 1.29 is 14.3 Å². The number of hydrogen-bond acceptors (Lipinski definition) is 3.